The molecule has 0 fully saturated rings. The van der Waals surface area contributed by atoms with Crippen LogP contribution in [0.3, 0.4) is 0 Å². The molecule has 0 aliphatic heterocycles. The van der Waals surface area contributed by atoms with Crippen LogP contribution in [-0.2, 0) is 13.0 Å². The standard InChI is InChI=1S/C13H18N4/c1-3-11(12-5-7-14-8-6-12)9-13-10-17(4-2)16-15-13/h5-8,10-11H,3-4,9H2,1-2H3. The molecule has 0 radical (unpaired) electrons. The molecule has 1 atom stereocenters. The molecular weight excluding hydrogens is 212 g/mol. The lowest BCUT2D eigenvalue weighted by molar-refractivity contribution is 0.624. The van der Waals surface area contributed by atoms with E-state index in [1.807, 2.05) is 23.3 Å². The first-order valence-corrected chi connectivity index (χ1v) is 6.12. The molecule has 4 nitrogen and oxygen atoms in total. The van der Waals surface area contributed by atoms with Crippen LogP contribution in [-0.4, -0.2) is 20.0 Å². The number of hydrogen-bond donors (Lipinski definition) is 0. The molecule has 0 spiro atoms. The highest BCUT2D eigenvalue weighted by Crippen LogP contribution is 2.22. The number of pyridine rings is 1. The Morgan fingerprint density at radius 3 is 2.59 bits per heavy atom. The Bertz CT molecular complexity index is 449. The quantitative estimate of drug-likeness (QED) is 0.792. The van der Waals surface area contributed by atoms with Gasteiger partial charge in [-0.3, -0.25) is 9.67 Å². The molecule has 0 aromatic carbocycles. The van der Waals surface area contributed by atoms with Crippen molar-refractivity contribution in [1.82, 2.24) is 20.0 Å². The monoisotopic (exact) mass is 230 g/mol. The van der Waals surface area contributed by atoms with Gasteiger partial charge in [0, 0.05) is 25.1 Å². The zero-order valence-corrected chi connectivity index (χ0v) is 10.4. The smallest absolute Gasteiger partial charge is 0.0833 e. The summed E-state index contributed by atoms with van der Waals surface area (Å²) in [6, 6.07) is 4.16. The Kier molecular flexibility index (Phi) is 3.85. The fourth-order valence-corrected chi connectivity index (χ4v) is 1.97. The van der Waals surface area contributed by atoms with Gasteiger partial charge in [0.25, 0.3) is 0 Å². The average molecular weight is 230 g/mol. The highest BCUT2D eigenvalue weighted by atomic mass is 15.4. The first kappa shape index (κ1) is 11.8. The van der Waals surface area contributed by atoms with E-state index >= 15 is 0 Å². The number of nitrogens with zero attached hydrogens (tertiary/aromatic N) is 4. The van der Waals surface area contributed by atoms with Crippen molar-refractivity contribution in [2.75, 3.05) is 0 Å². The minimum Gasteiger partial charge on any atom is -0.265 e. The van der Waals surface area contributed by atoms with E-state index in [9.17, 15) is 0 Å². The molecule has 4 heteroatoms. The van der Waals surface area contributed by atoms with Crippen molar-refractivity contribution in [2.24, 2.45) is 0 Å². The third-order valence-electron chi connectivity index (χ3n) is 3.04. The molecule has 0 saturated heterocycles. The molecule has 0 saturated carbocycles. The van der Waals surface area contributed by atoms with Crippen LogP contribution in [0.5, 0.6) is 0 Å². The summed E-state index contributed by atoms with van der Waals surface area (Å²) in [4.78, 5) is 4.05. The van der Waals surface area contributed by atoms with E-state index in [1.54, 1.807) is 0 Å². The summed E-state index contributed by atoms with van der Waals surface area (Å²) in [5.41, 5.74) is 2.39. The summed E-state index contributed by atoms with van der Waals surface area (Å²) in [5.74, 6) is 0.500. The number of aryl methyl sites for hydroxylation is 1. The normalized spacial score (nSPS) is 12.6. The Balaban J connectivity index is 2.10. The van der Waals surface area contributed by atoms with Gasteiger partial charge in [0.05, 0.1) is 5.69 Å². The summed E-state index contributed by atoms with van der Waals surface area (Å²) in [6.07, 6.45) is 7.77. The molecule has 0 amide bonds. The summed E-state index contributed by atoms with van der Waals surface area (Å²) >= 11 is 0. The predicted molar refractivity (Wildman–Crippen MR) is 66.7 cm³/mol. The molecule has 1 unspecified atom stereocenters. The van der Waals surface area contributed by atoms with Crippen molar-refractivity contribution in [3.05, 3.63) is 42.0 Å². The summed E-state index contributed by atoms with van der Waals surface area (Å²) < 4.78 is 1.87. The Morgan fingerprint density at radius 2 is 2.00 bits per heavy atom. The van der Waals surface area contributed by atoms with Gasteiger partial charge in [-0.1, -0.05) is 12.1 Å². The van der Waals surface area contributed by atoms with Gasteiger partial charge >= 0.3 is 0 Å². The van der Waals surface area contributed by atoms with Gasteiger partial charge in [0.15, 0.2) is 0 Å². The molecule has 0 aliphatic rings. The minimum absolute atomic E-state index is 0.500. The van der Waals surface area contributed by atoms with E-state index in [4.69, 9.17) is 0 Å². The lowest BCUT2D eigenvalue weighted by Gasteiger charge is -2.12. The van der Waals surface area contributed by atoms with E-state index in [0.717, 1.165) is 25.1 Å². The molecular formula is C13H18N4. The lowest BCUT2D eigenvalue weighted by Crippen LogP contribution is -2.02. The van der Waals surface area contributed by atoms with Crippen LogP contribution >= 0.6 is 0 Å². The zero-order chi connectivity index (χ0) is 12.1. The molecule has 2 aromatic rings. The first-order chi connectivity index (χ1) is 8.33. The van der Waals surface area contributed by atoms with Crippen LogP contribution < -0.4 is 0 Å². The summed E-state index contributed by atoms with van der Waals surface area (Å²) in [5, 5.41) is 8.27. The van der Waals surface area contributed by atoms with Crippen LogP contribution in [0.15, 0.2) is 30.7 Å². The van der Waals surface area contributed by atoms with Crippen molar-refractivity contribution < 1.29 is 0 Å². The van der Waals surface area contributed by atoms with Crippen molar-refractivity contribution in [3.63, 3.8) is 0 Å². The third-order valence-corrected chi connectivity index (χ3v) is 3.04. The fraction of sp³-hybridized carbons (Fsp3) is 0.462. The van der Waals surface area contributed by atoms with Crippen molar-refractivity contribution in [1.29, 1.82) is 0 Å². The van der Waals surface area contributed by atoms with Crippen LogP contribution in [0.2, 0.25) is 0 Å². The predicted octanol–water partition coefficient (Wildman–Crippen LogP) is 2.43. The topological polar surface area (TPSA) is 43.6 Å². The molecule has 0 aliphatic carbocycles. The first-order valence-electron chi connectivity index (χ1n) is 6.12. The van der Waals surface area contributed by atoms with Gasteiger partial charge in [-0.2, -0.15) is 0 Å². The van der Waals surface area contributed by atoms with Crippen LogP contribution in [0.4, 0.5) is 0 Å². The summed E-state index contributed by atoms with van der Waals surface area (Å²) in [7, 11) is 0. The Morgan fingerprint density at radius 1 is 1.24 bits per heavy atom. The largest absolute Gasteiger partial charge is 0.265 e. The van der Waals surface area contributed by atoms with Gasteiger partial charge in [-0.05, 0) is 43.4 Å². The maximum Gasteiger partial charge on any atom is 0.0833 e. The van der Waals surface area contributed by atoms with Gasteiger partial charge in [-0.15, -0.1) is 5.10 Å². The summed E-state index contributed by atoms with van der Waals surface area (Å²) in [6.45, 7) is 5.15. The van der Waals surface area contributed by atoms with Crippen LogP contribution in [0.25, 0.3) is 0 Å². The maximum atomic E-state index is 4.20. The molecule has 0 bridgehead atoms. The highest BCUT2D eigenvalue weighted by molar-refractivity contribution is 5.17. The second-order valence-corrected chi connectivity index (χ2v) is 4.16. The fourth-order valence-electron chi connectivity index (χ4n) is 1.97. The Hall–Kier alpha value is -1.71. The van der Waals surface area contributed by atoms with Crippen molar-refractivity contribution in [3.8, 4) is 0 Å². The average Bonchev–Trinajstić information content (AvgIpc) is 2.84. The maximum absolute atomic E-state index is 4.20. The van der Waals surface area contributed by atoms with Crippen molar-refractivity contribution in [2.45, 2.75) is 39.2 Å². The van der Waals surface area contributed by atoms with Crippen molar-refractivity contribution >= 4 is 0 Å². The molecule has 2 rings (SSSR count). The second-order valence-electron chi connectivity index (χ2n) is 4.16. The molecule has 17 heavy (non-hydrogen) atoms. The van der Waals surface area contributed by atoms with E-state index < -0.39 is 0 Å². The number of rotatable bonds is 5. The second kappa shape index (κ2) is 5.57. The van der Waals surface area contributed by atoms with Crippen LogP contribution in [0, 0.1) is 0 Å². The van der Waals surface area contributed by atoms with E-state index in [2.05, 4.69) is 41.3 Å². The zero-order valence-electron chi connectivity index (χ0n) is 10.4. The molecule has 0 N–H and O–H groups in total. The lowest BCUT2D eigenvalue weighted by atomic mass is 9.93. The van der Waals surface area contributed by atoms with Gasteiger partial charge in [-0.25, -0.2) is 0 Å². The van der Waals surface area contributed by atoms with Gasteiger partial charge in [0.2, 0.25) is 0 Å². The third kappa shape index (κ3) is 2.90. The number of hydrogen-bond acceptors (Lipinski definition) is 3. The molecule has 2 heterocycles. The SMILES string of the molecule is CCC(Cc1cn(CC)nn1)c1ccncc1. The molecule has 2 aromatic heterocycles. The minimum atomic E-state index is 0.500. The highest BCUT2D eigenvalue weighted by Gasteiger charge is 2.12. The van der Waals surface area contributed by atoms with Gasteiger partial charge in [0.1, 0.15) is 0 Å². The molecule has 90 valence electrons. The van der Waals surface area contributed by atoms with Crippen LogP contribution in [0.1, 0.15) is 37.4 Å². The van der Waals surface area contributed by atoms with Gasteiger partial charge < -0.3 is 0 Å². The van der Waals surface area contributed by atoms with E-state index in [0.29, 0.717) is 5.92 Å². The van der Waals surface area contributed by atoms with E-state index in [1.165, 1.54) is 5.56 Å². The Labute approximate surface area is 102 Å². The van der Waals surface area contributed by atoms with E-state index in [-0.39, 0.29) is 0 Å². The number of aromatic nitrogens is 4.